The van der Waals surface area contributed by atoms with Gasteiger partial charge in [-0.25, -0.2) is 4.98 Å². The highest BCUT2D eigenvalue weighted by atomic mass is 79.9. The van der Waals surface area contributed by atoms with Gasteiger partial charge in [0.15, 0.2) is 5.15 Å². The molecule has 1 aliphatic heterocycles. The van der Waals surface area contributed by atoms with E-state index in [0.717, 1.165) is 22.6 Å². The fourth-order valence-electron chi connectivity index (χ4n) is 2.07. The molecular weight excluding hydrogens is 302 g/mol. The number of likely N-dealkylation sites (tertiary alicyclic amines) is 1. The fourth-order valence-corrected chi connectivity index (χ4v) is 2.57. The van der Waals surface area contributed by atoms with Crippen molar-refractivity contribution < 1.29 is 0 Å². The minimum atomic E-state index is 0.543. The van der Waals surface area contributed by atoms with E-state index in [1.807, 2.05) is 6.07 Å². The van der Waals surface area contributed by atoms with Gasteiger partial charge in [-0.15, -0.1) is 0 Å². The largest absolute Gasteiger partial charge is 0.382 e. The van der Waals surface area contributed by atoms with E-state index < -0.39 is 0 Å². The van der Waals surface area contributed by atoms with Crippen molar-refractivity contribution >= 4 is 33.2 Å². The Morgan fingerprint density at radius 2 is 2.24 bits per heavy atom. The number of anilines is 1. The molecule has 0 saturated carbocycles. The van der Waals surface area contributed by atoms with Crippen LogP contribution in [0.4, 0.5) is 5.69 Å². The van der Waals surface area contributed by atoms with Crippen LogP contribution < -0.4 is 5.32 Å². The maximum absolute atomic E-state index is 6.03. The Balaban J connectivity index is 1.87. The van der Waals surface area contributed by atoms with Crippen molar-refractivity contribution in [3.8, 4) is 0 Å². The number of nitrogens with one attached hydrogen (secondary N) is 1. The number of aromatic nitrogens is 1. The monoisotopic (exact) mass is 317 g/mol. The van der Waals surface area contributed by atoms with Crippen molar-refractivity contribution in [3.63, 3.8) is 0 Å². The molecular formula is C12H17BrClN3. The van der Waals surface area contributed by atoms with Crippen LogP contribution in [-0.4, -0.2) is 36.6 Å². The summed E-state index contributed by atoms with van der Waals surface area (Å²) in [5, 5.41) is 3.94. The second-order valence-corrected chi connectivity index (χ2v) is 5.89. The molecule has 1 fully saturated rings. The summed E-state index contributed by atoms with van der Waals surface area (Å²) in [4.78, 5) is 6.48. The highest BCUT2D eigenvalue weighted by molar-refractivity contribution is 9.10. The molecule has 0 spiro atoms. The Kier molecular flexibility index (Phi) is 4.65. The highest BCUT2D eigenvalue weighted by Gasteiger charge is 2.16. The molecule has 0 bridgehead atoms. The predicted octanol–water partition coefficient (Wildman–Crippen LogP) is 3.25. The van der Waals surface area contributed by atoms with Gasteiger partial charge in [-0.3, -0.25) is 0 Å². The topological polar surface area (TPSA) is 28.2 Å². The third-order valence-corrected chi connectivity index (χ3v) is 3.96. The van der Waals surface area contributed by atoms with Crippen molar-refractivity contribution in [3.05, 3.63) is 21.9 Å². The molecule has 94 valence electrons. The lowest BCUT2D eigenvalue weighted by atomic mass is 9.97. The lowest BCUT2D eigenvalue weighted by Crippen LogP contribution is -2.33. The second-order valence-electron chi connectivity index (χ2n) is 4.62. The van der Waals surface area contributed by atoms with Crippen LogP contribution in [0.5, 0.6) is 0 Å². The zero-order valence-electron chi connectivity index (χ0n) is 9.92. The summed E-state index contributed by atoms with van der Waals surface area (Å²) in [5.74, 6) is 0.737. The number of nitrogens with zero attached hydrogens (tertiary/aromatic N) is 2. The molecule has 3 nitrogen and oxygen atoms in total. The smallest absolute Gasteiger partial charge is 0.152 e. The minimum Gasteiger partial charge on any atom is -0.382 e. The zero-order chi connectivity index (χ0) is 12.3. The standard InChI is InChI=1S/C12H17BrClN3/c1-17-4-2-9(3-5-17)7-15-11-6-10(13)8-16-12(11)14/h6,8-9,15H,2-5,7H2,1H3. The Morgan fingerprint density at radius 1 is 1.53 bits per heavy atom. The van der Waals surface area contributed by atoms with Crippen LogP contribution in [0.15, 0.2) is 16.7 Å². The molecule has 0 radical (unpaired) electrons. The van der Waals surface area contributed by atoms with E-state index in [-0.39, 0.29) is 0 Å². The van der Waals surface area contributed by atoms with Gasteiger partial charge in [-0.2, -0.15) is 0 Å². The van der Waals surface area contributed by atoms with Crippen LogP contribution in [0.3, 0.4) is 0 Å². The van der Waals surface area contributed by atoms with Crippen LogP contribution in [0.2, 0.25) is 5.15 Å². The number of halogens is 2. The van der Waals surface area contributed by atoms with E-state index in [4.69, 9.17) is 11.6 Å². The van der Waals surface area contributed by atoms with E-state index in [1.165, 1.54) is 25.9 Å². The number of rotatable bonds is 3. The first-order chi connectivity index (χ1) is 8.15. The molecule has 17 heavy (non-hydrogen) atoms. The predicted molar refractivity (Wildman–Crippen MR) is 75.7 cm³/mol. The molecule has 0 aliphatic carbocycles. The van der Waals surface area contributed by atoms with Crippen molar-refractivity contribution in [1.29, 1.82) is 0 Å². The molecule has 1 N–H and O–H groups in total. The van der Waals surface area contributed by atoms with Gasteiger partial charge in [0.2, 0.25) is 0 Å². The van der Waals surface area contributed by atoms with E-state index >= 15 is 0 Å². The first-order valence-electron chi connectivity index (χ1n) is 5.88. The molecule has 0 atom stereocenters. The first-order valence-corrected chi connectivity index (χ1v) is 7.05. The summed E-state index contributed by atoms with van der Waals surface area (Å²) >= 11 is 9.44. The van der Waals surface area contributed by atoms with E-state index in [0.29, 0.717) is 5.15 Å². The fraction of sp³-hybridized carbons (Fsp3) is 0.583. The Morgan fingerprint density at radius 3 is 2.94 bits per heavy atom. The Labute approximate surface area is 116 Å². The lowest BCUT2D eigenvalue weighted by molar-refractivity contribution is 0.226. The van der Waals surface area contributed by atoms with Gasteiger partial charge in [0.25, 0.3) is 0 Å². The summed E-state index contributed by atoms with van der Waals surface area (Å²) in [7, 11) is 2.18. The van der Waals surface area contributed by atoms with Crippen molar-refractivity contribution in [2.45, 2.75) is 12.8 Å². The lowest BCUT2D eigenvalue weighted by Gasteiger charge is -2.29. The molecule has 1 aromatic rings. The van der Waals surface area contributed by atoms with E-state index in [1.54, 1.807) is 6.20 Å². The molecule has 1 aliphatic rings. The highest BCUT2D eigenvalue weighted by Crippen LogP contribution is 2.24. The van der Waals surface area contributed by atoms with Crippen LogP contribution in [0.1, 0.15) is 12.8 Å². The normalized spacial score (nSPS) is 18.3. The molecule has 1 aromatic heterocycles. The summed E-state index contributed by atoms with van der Waals surface area (Å²) in [6.07, 6.45) is 4.22. The van der Waals surface area contributed by atoms with Crippen molar-refractivity contribution in [2.75, 3.05) is 32.0 Å². The van der Waals surface area contributed by atoms with E-state index in [2.05, 4.69) is 38.2 Å². The van der Waals surface area contributed by atoms with Crippen LogP contribution >= 0.6 is 27.5 Å². The summed E-state index contributed by atoms with van der Waals surface area (Å²) < 4.78 is 0.952. The average Bonchev–Trinajstić information content (AvgIpc) is 2.32. The van der Waals surface area contributed by atoms with Gasteiger partial charge in [-0.05, 0) is 60.9 Å². The Hall–Kier alpha value is -0.320. The van der Waals surface area contributed by atoms with Crippen LogP contribution in [0, 0.1) is 5.92 Å². The summed E-state index contributed by atoms with van der Waals surface area (Å²) in [5.41, 5.74) is 0.917. The van der Waals surface area contributed by atoms with Gasteiger partial charge in [-0.1, -0.05) is 11.6 Å². The van der Waals surface area contributed by atoms with Gasteiger partial charge in [0, 0.05) is 17.2 Å². The molecule has 2 heterocycles. The van der Waals surface area contributed by atoms with Crippen LogP contribution in [-0.2, 0) is 0 Å². The number of pyridine rings is 1. The number of piperidine rings is 1. The summed E-state index contributed by atoms with van der Waals surface area (Å²) in [6, 6.07) is 1.98. The molecule has 2 rings (SSSR count). The van der Waals surface area contributed by atoms with Gasteiger partial charge in [0.05, 0.1) is 5.69 Å². The quantitative estimate of drug-likeness (QED) is 0.867. The van der Waals surface area contributed by atoms with E-state index in [9.17, 15) is 0 Å². The second kappa shape index (κ2) is 6.03. The average molecular weight is 319 g/mol. The maximum atomic E-state index is 6.03. The first kappa shape index (κ1) is 13.1. The number of hydrogen-bond donors (Lipinski definition) is 1. The molecule has 0 amide bonds. The third kappa shape index (κ3) is 3.83. The van der Waals surface area contributed by atoms with Gasteiger partial charge >= 0.3 is 0 Å². The van der Waals surface area contributed by atoms with Crippen LogP contribution in [0.25, 0.3) is 0 Å². The van der Waals surface area contributed by atoms with Gasteiger partial charge in [0.1, 0.15) is 0 Å². The van der Waals surface area contributed by atoms with Gasteiger partial charge < -0.3 is 10.2 Å². The number of hydrogen-bond acceptors (Lipinski definition) is 3. The summed E-state index contributed by atoms with van der Waals surface area (Å²) in [6.45, 7) is 3.36. The molecule has 5 heteroatoms. The van der Waals surface area contributed by atoms with Crippen molar-refractivity contribution in [1.82, 2.24) is 9.88 Å². The molecule has 1 saturated heterocycles. The molecule has 0 unspecified atom stereocenters. The zero-order valence-corrected chi connectivity index (χ0v) is 12.3. The third-order valence-electron chi connectivity index (χ3n) is 3.23. The molecule has 0 aromatic carbocycles. The SMILES string of the molecule is CN1CCC(CNc2cc(Br)cnc2Cl)CC1. The maximum Gasteiger partial charge on any atom is 0.152 e. The minimum absolute atomic E-state index is 0.543. The van der Waals surface area contributed by atoms with Crippen molar-refractivity contribution in [2.24, 2.45) is 5.92 Å². The Bertz CT molecular complexity index is 378.